The molecule has 1 atom stereocenters. The van der Waals surface area contributed by atoms with Gasteiger partial charge in [0, 0.05) is 19.3 Å². The van der Waals surface area contributed by atoms with Crippen molar-refractivity contribution in [1.29, 1.82) is 0 Å². The fourth-order valence-corrected chi connectivity index (χ4v) is 7.51. The van der Waals surface area contributed by atoms with Crippen molar-refractivity contribution in [1.82, 2.24) is 0 Å². The highest BCUT2D eigenvalue weighted by Gasteiger charge is 2.19. The van der Waals surface area contributed by atoms with Crippen LogP contribution in [-0.4, -0.2) is 37.2 Å². The second-order valence-corrected chi connectivity index (χ2v) is 17.6. The van der Waals surface area contributed by atoms with Crippen molar-refractivity contribution in [2.24, 2.45) is 5.92 Å². The highest BCUT2D eigenvalue weighted by atomic mass is 16.6. The topological polar surface area (TPSA) is 78.9 Å². The maximum Gasteiger partial charge on any atom is 0.306 e. The van der Waals surface area contributed by atoms with Gasteiger partial charge in [-0.25, -0.2) is 0 Å². The highest BCUT2D eigenvalue weighted by molar-refractivity contribution is 5.71. The molecule has 0 aromatic carbocycles. The number of ether oxygens (including phenoxy) is 3. The molecular formula is C50H96O6. The van der Waals surface area contributed by atoms with Gasteiger partial charge in [0.15, 0.2) is 6.10 Å². The lowest BCUT2D eigenvalue weighted by Gasteiger charge is -2.18. The van der Waals surface area contributed by atoms with Crippen molar-refractivity contribution in [3.63, 3.8) is 0 Å². The van der Waals surface area contributed by atoms with Gasteiger partial charge in [-0.15, -0.1) is 0 Å². The Labute approximate surface area is 348 Å². The van der Waals surface area contributed by atoms with Gasteiger partial charge in [-0.2, -0.15) is 0 Å². The van der Waals surface area contributed by atoms with Crippen LogP contribution in [0.15, 0.2) is 0 Å². The van der Waals surface area contributed by atoms with Crippen LogP contribution in [0.1, 0.15) is 278 Å². The van der Waals surface area contributed by atoms with Crippen molar-refractivity contribution in [3.05, 3.63) is 0 Å². The second-order valence-electron chi connectivity index (χ2n) is 17.6. The van der Waals surface area contributed by atoms with E-state index in [9.17, 15) is 14.4 Å². The number of rotatable bonds is 45. The van der Waals surface area contributed by atoms with E-state index in [4.69, 9.17) is 14.2 Å². The van der Waals surface area contributed by atoms with Gasteiger partial charge in [0.1, 0.15) is 13.2 Å². The summed E-state index contributed by atoms with van der Waals surface area (Å²) < 4.78 is 16.7. The van der Waals surface area contributed by atoms with E-state index < -0.39 is 6.10 Å². The van der Waals surface area contributed by atoms with Gasteiger partial charge in [-0.1, -0.05) is 240 Å². The van der Waals surface area contributed by atoms with E-state index in [-0.39, 0.29) is 31.1 Å². The fourth-order valence-electron chi connectivity index (χ4n) is 7.51. The maximum absolute atomic E-state index is 12.7. The van der Waals surface area contributed by atoms with Crippen LogP contribution in [0.5, 0.6) is 0 Å². The predicted molar refractivity (Wildman–Crippen MR) is 238 cm³/mol. The summed E-state index contributed by atoms with van der Waals surface area (Å²) in [5, 5.41) is 0. The Morgan fingerprint density at radius 3 is 0.875 bits per heavy atom. The third kappa shape index (κ3) is 43.5. The molecule has 0 aliphatic rings. The molecule has 0 amide bonds. The monoisotopic (exact) mass is 793 g/mol. The highest BCUT2D eigenvalue weighted by Crippen LogP contribution is 2.17. The van der Waals surface area contributed by atoms with Crippen LogP contribution in [-0.2, 0) is 28.6 Å². The Hall–Kier alpha value is -1.59. The largest absolute Gasteiger partial charge is 0.462 e. The molecule has 0 spiro atoms. The first-order valence-corrected chi connectivity index (χ1v) is 24.9. The van der Waals surface area contributed by atoms with Crippen LogP contribution in [0.4, 0.5) is 0 Å². The van der Waals surface area contributed by atoms with Gasteiger partial charge in [-0.05, 0) is 25.2 Å². The smallest absolute Gasteiger partial charge is 0.306 e. The quantitative estimate of drug-likeness (QED) is 0.0347. The summed E-state index contributed by atoms with van der Waals surface area (Å²) >= 11 is 0. The first-order chi connectivity index (χ1) is 27.4. The van der Waals surface area contributed by atoms with Crippen molar-refractivity contribution in [2.45, 2.75) is 284 Å². The molecule has 0 unspecified atom stereocenters. The van der Waals surface area contributed by atoms with Crippen LogP contribution < -0.4 is 0 Å². The molecule has 0 radical (unpaired) electrons. The van der Waals surface area contributed by atoms with Crippen molar-refractivity contribution in [3.8, 4) is 0 Å². The summed E-state index contributed by atoms with van der Waals surface area (Å²) in [4.78, 5) is 37.7. The number of unbranched alkanes of at least 4 members (excludes halogenated alkanes) is 32. The summed E-state index contributed by atoms with van der Waals surface area (Å²) in [7, 11) is 0. The van der Waals surface area contributed by atoms with Gasteiger partial charge in [-0.3, -0.25) is 14.4 Å². The van der Waals surface area contributed by atoms with Gasteiger partial charge >= 0.3 is 17.9 Å². The Balaban J connectivity index is 4.22. The average Bonchev–Trinajstić information content (AvgIpc) is 3.18. The molecule has 0 aromatic rings. The zero-order chi connectivity index (χ0) is 41.0. The molecule has 0 heterocycles. The lowest BCUT2D eigenvalue weighted by atomic mass is 10.0. The molecule has 0 fully saturated rings. The van der Waals surface area contributed by atoms with E-state index >= 15 is 0 Å². The van der Waals surface area contributed by atoms with E-state index in [0.29, 0.717) is 19.3 Å². The lowest BCUT2D eigenvalue weighted by molar-refractivity contribution is -0.167. The molecule has 332 valence electrons. The van der Waals surface area contributed by atoms with Crippen molar-refractivity contribution >= 4 is 17.9 Å². The van der Waals surface area contributed by atoms with Crippen LogP contribution >= 0.6 is 0 Å². The molecule has 6 nitrogen and oxygen atoms in total. The first-order valence-electron chi connectivity index (χ1n) is 24.9. The summed E-state index contributed by atoms with van der Waals surface area (Å²) in [6.45, 7) is 8.99. The minimum atomic E-state index is -0.759. The van der Waals surface area contributed by atoms with E-state index in [1.54, 1.807) is 0 Å². The number of hydrogen-bond acceptors (Lipinski definition) is 6. The third-order valence-corrected chi connectivity index (χ3v) is 11.3. The normalized spacial score (nSPS) is 11.9. The SMILES string of the molecule is CCCCCCCCCCCCCCCCCC(=O)OC[C@@H](COC(=O)CCCCCCCCC)OC(=O)CCCCCCCCCCCCCCCC(C)C. The molecule has 0 saturated heterocycles. The number of esters is 3. The summed E-state index contributed by atoms with van der Waals surface area (Å²) in [5.74, 6) is -0.0152. The molecule has 0 bridgehead atoms. The summed E-state index contributed by atoms with van der Waals surface area (Å²) in [5.41, 5.74) is 0. The zero-order valence-electron chi connectivity index (χ0n) is 38.1. The number of carbonyl (C=O) groups excluding carboxylic acids is 3. The van der Waals surface area contributed by atoms with Gasteiger partial charge in [0.05, 0.1) is 0 Å². The van der Waals surface area contributed by atoms with E-state index in [0.717, 1.165) is 63.7 Å². The van der Waals surface area contributed by atoms with E-state index in [2.05, 4.69) is 27.7 Å². The molecule has 6 heteroatoms. The molecule has 0 aliphatic carbocycles. The van der Waals surface area contributed by atoms with Gasteiger partial charge in [0.2, 0.25) is 0 Å². The van der Waals surface area contributed by atoms with E-state index in [1.165, 1.54) is 173 Å². The minimum Gasteiger partial charge on any atom is -0.462 e. The molecule has 0 aromatic heterocycles. The Bertz CT molecular complexity index is 841. The maximum atomic E-state index is 12.7. The average molecular weight is 793 g/mol. The summed E-state index contributed by atoms with van der Waals surface area (Å²) in [6.07, 6.45) is 45.3. The van der Waals surface area contributed by atoms with Gasteiger partial charge < -0.3 is 14.2 Å². The zero-order valence-corrected chi connectivity index (χ0v) is 38.1. The molecule has 0 N–H and O–H groups in total. The first kappa shape index (κ1) is 54.4. The fraction of sp³-hybridized carbons (Fsp3) is 0.940. The molecule has 0 saturated carbocycles. The number of carbonyl (C=O) groups is 3. The lowest BCUT2D eigenvalue weighted by Crippen LogP contribution is -2.30. The van der Waals surface area contributed by atoms with Crippen LogP contribution in [0.25, 0.3) is 0 Å². The third-order valence-electron chi connectivity index (χ3n) is 11.3. The van der Waals surface area contributed by atoms with Crippen molar-refractivity contribution < 1.29 is 28.6 Å². The Kier molecular flexibility index (Phi) is 43.2. The minimum absolute atomic E-state index is 0.0633. The molecule has 56 heavy (non-hydrogen) atoms. The van der Waals surface area contributed by atoms with Crippen LogP contribution in [0.3, 0.4) is 0 Å². The Morgan fingerprint density at radius 1 is 0.339 bits per heavy atom. The van der Waals surface area contributed by atoms with Crippen LogP contribution in [0, 0.1) is 5.92 Å². The van der Waals surface area contributed by atoms with Crippen LogP contribution in [0.2, 0.25) is 0 Å². The van der Waals surface area contributed by atoms with Gasteiger partial charge in [0.25, 0.3) is 0 Å². The van der Waals surface area contributed by atoms with E-state index in [1.807, 2.05) is 0 Å². The standard InChI is InChI=1S/C50H96O6/c1-5-7-9-11-13-14-15-16-17-20-23-26-30-34-38-42-49(52)55-45-47(44-54-48(51)41-37-33-28-12-10-8-6-2)56-50(53)43-39-35-31-27-24-21-18-19-22-25-29-32-36-40-46(3)4/h46-47H,5-45H2,1-4H3/t47-/m1/s1. The molecule has 0 aliphatic heterocycles. The molecule has 0 rings (SSSR count). The second kappa shape index (κ2) is 44.5. The van der Waals surface area contributed by atoms with Crippen molar-refractivity contribution in [2.75, 3.05) is 13.2 Å². The molecular weight excluding hydrogens is 697 g/mol. The predicted octanol–water partition coefficient (Wildman–Crippen LogP) is 15.9. The Morgan fingerprint density at radius 2 is 0.589 bits per heavy atom. The summed E-state index contributed by atoms with van der Waals surface area (Å²) in [6, 6.07) is 0. The number of hydrogen-bond donors (Lipinski definition) is 0.